The van der Waals surface area contributed by atoms with Gasteiger partial charge < -0.3 is 5.32 Å². The highest BCUT2D eigenvalue weighted by atomic mass is 35.5. The highest BCUT2D eigenvalue weighted by Crippen LogP contribution is 2.35. The number of hydrogen-bond donors (Lipinski definition) is 1. The molecule has 32 heavy (non-hydrogen) atoms. The van der Waals surface area contributed by atoms with E-state index in [9.17, 15) is 22.4 Å². The number of carbonyl (C=O) groups excluding carboxylic acids is 2. The van der Waals surface area contributed by atoms with Crippen LogP contribution in [-0.4, -0.2) is 43.7 Å². The molecule has 2 heterocycles. The van der Waals surface area contributed by atoms with Crippen molar-refractivity contribution in [3.63, 3.8) is 0 Å². The summed E-state index contributed by atoms with van der Waals surface area (Å²) in [6.07, 6.45) is 2.78. The molecular formula is C22H23ClFN3O4S. The largest absolute Gasteiger partial charge is 0.322 e. The average molecular weight is 480 g/mol. The summed E-state index contributed by atoms with van der Waals surface area (Å²) in [7, 11) is -3.65. The Bertz CT molecular complexity index is 1180. The molecule has 1 saturated heterocycles. The van der Waals surface area contributed by atoms with E-state index in [1.54, 1.807) is 6.07 Å². The summed E-state index contributed by atoms with van der Waals surface area (Å²) < 4.78 is 41.7. The van der Waals surface area contributed by atoms with Gasteiger partial charge in [0.05, 0.1) is 10.6 Å². The Morgan fingerprint density at radius 3 is 2.47 bits per heavy atom. The minimum absolute atomic E-state index is 0.0489. The Morgan fingerprint density at radius 2 is 1.81 bits per heavy atom. The zero-order valence-corrected chi connectivity index (χ0v) is 19.0. The van der Waals surface area contributed by atoms with Crippen LogP contribution in [0.1, 0.15) is 31.7 Å². The van der Waals surface area contributed by atoms with Gasteiger partial charge in [-0.05, 0) is 54.8 Å². The van der Waals surface area contributed by atoms with E-state index in [0.29, 0.717) is 24.3 Å². The van der Waals surface area contributed by atoms with Crippen LogP contribution in [0.5, 0.6) is 0 Å². The Labute approximate surface area is 191 Å². The third-order valence-corrected chi connectivity index (χ3v) is 7.95. The normalized spacial score (nSPS) is 19.0. The first-order valence-corrected chi connectivity index (χ1v) is 12.2. The zero-order valence-electron chi connectivity index (χ0n) is 17.5. The molecule has 4 rings (SSSR count). The van der Waals surface area contributed by atoms with E-state index < -0.39 is 27.8 Å². The number of benzene rings is 2. The van der Waals surface area contributed by atoms with Gasteiger partial charge in [0, 0.05) is 37.1 Å². The fourth-order valence-corrected chi connectivity index (χ4v) is 5.98. The van der Waals surface area contributed by atoms with E-state index in [0.717, 1.165) is 25.3 Å². The summed E-state index contributed by atoms with van der Waals surface area (Å²) in [5, 5.41) is 2.70. The fraction of sp³-hybridized carbons (Fsp3) is 0.364. The van der Waals surface area contributed by atoms with Crippen molar-refractivity contribution in [3.05, 3.63) is 52.8 Å². The number of fused-ring (bicyclic) bond motifs is 1. The number of hydrogen-bond acceptors (Lipinski definition) is 4. The first-order chi connectivity index (χ1) is 15.2. The van der Waals surface area contributed by atoms with E-state index in [1.165, 1.54) is 40.4 Å². The topological polar surface area (TPSA) is 86.8 Å². The summed E-state index contributed by atoms with van der Waals surface area (Å²) in [5.41, 5.74) is 1.01. The molecule has 2 aromatic rings. The third kappa shape index (κ3) is 4.24. The van der Waals surface area contributed by atoms with Crippen LogP contribution in [0, 0.1) is 5.82 Å². The van der Waals surface area contributed by atoms with Crippen molar-refractivity contribution in [2.75, 3.05) is 23.3 Å². The molecule has 0 bridgehead atoms. The first kappa shape index (κ1) is 22.7. The maximum Gasteiger partial charge on any atom is 0.247 e. The van der Waals surface area contributed by atoms with Crippen LogP contribution in [0.2, 0.25) is 5.02 Å². The molecule has 2 aromatic carbocycles. The fourth-order valence-electron chi connectivity index (χ4n) is 4.25. The molecule has 0 radical (unpaired) electrons. The molecular weight excluding hydrogens is 457 g/mol. The van der Waals surface area contributed by atoms with Crippen molar-refractivity contribution >= 4 is 44.8 Å². The second-order valence-electron chi connectivity index (χ2n) is 7.98. The van der Waals surface area contributed by atoms with E-state index in [2.05, 4.69) is 5.32 Å². The zero-order chi connectivity index (χ0) is 23.0. The molecule has 7 nitrogen and oxygen atoms in total. The second kappa shape index (κ2) is 8.80. The van der Waals surface area contributed by atoms with E-state index in [-0.39, 0.29) is 27.9 Å². The molecule has 1 fully saturated rings. The lowest BCUT2D eigenvalue weighted by molar-refractivity contribution is -0.122. The van der Waals surface area contributed by atoms with Gasteiger partial charge in [-0.3, -0.25) is 14.5 Å². The van der Waals surface area contributed by atoms with Crippen LogP contribution in [-0.2, 0) is 26.0 Å². The van der Waals surface area contributed by atoms with Crippen molar-refractivity contribution < 1.29 is 22.4 Å². The van der Waals surface area contributed by atoms with Gasteiger partial charge in [0.15, 0.2) is 0 Å². The summed E-state index contributed by atoms with van der Waals surface area (Å²) in [6, 6.07) is 7.52. The Kier molecular flexibility index (Phi) is 6.24. The molecule has 0 spiro atoms. The van der Waals surface area contributed by atoms with Crippen LogP contribution in [0.15, 0.2) is 41.3 Å². The molecule has 0 saturated carbocycles. The number of sulfonamides is 1. The number of carbonyl (C=O) groups is 2. The highest BCUT2D eigenvalue weighted by Gasteiger charge is 2.38. The van der Waals surface area contributed by atoms with Gasteiger partial charge >= 0.3 is 0 Å². The van der Waals surface area contributed by atoms with Crippen LogP contribution in [0.3, 0.4) is 0 Å². The minimum atomic E-state index is -3.65. The van der Waals surface area contributed by atoms with Crippen molar-refractivity contribution in [2.24, 2.45) is 0 Å². The number of anilines is 2. The van der Waals surface area contributed by atoms with Crippen molar-refractivity contribution in [1.82, 2.24) is 4.31 Å². The Hall–Kier alpha value is -2.49. The number of nitrogens with zero attached hydrogens (tertiary/aromatic N) is 2. The monoisotopic (exact) mass is 479 g/mol. The maximum atomic E-state index is 14.1. The van der Waals surface area contributed by atoms with Crippen LogP contribution >= 0.6 is 11.6 Å². The van der Waals surface area contributed by atoms with Crippen molar-refractivity contribution in [3.8, 4) is 0 Å². The van der Waals surface area contributed by atoms with E-state index in [1.807, 2.05) is 0 Å². The van der Waals surface area contributed by atoms with Gasteiger partial charge in [0.25, 0.3) is 0 Å². The molecule has 2 aliphatic rings. The van der Waals surface area contributed by atoms with Crippen LogP contribution in [0.25, 0.3) is 0 Å². The molecule has 0 unspecified atom stereocenters. The van der Waals surface area contributed by atoms with Crippen LogP contribution in [0.4, 0.5) is 15.8 Å². The van der Waals surface area contributed by atoms with Gasteiger partial charge in [-0.1, -0.05) is 18.0 Å². The standard InChI is InChI=1S/C22H23ClFN3O4S/c1-14(28)27-20-8-6-17(32(30,31)26-9-3-2-4-10-26)11-15(20)12-21(27)22(29)25-19-7-5-16(23)13-18(19)24/h5-8,11,13,21H,2-4,9-10,12H2,1H3,(H,25,29)/t21-/m0/s1. The molecule has 1 atom stereocenters. The maximum absolute atomic E-state index is 14.1. The summed E-state index contributed by atoms with van der Waals surface area (Å²) in [5.74, 6) is -1.63. The molecule has 0 aliphatic carbocycles. The number of halogens is 2. The molecule has 0 aromatic heterocycles. The molecule has 2 amide bonds. The lowest BCUT2D eigenvalue weighted by Crippen LogP contribution is -2.44. The second-order valence-corrected chi connectivity index (χ2v) is 10.4. The Morgan fingerprint density at radius 1 is 1.09 bits per heavy atom. The molecule has 10 heteroatoms. The third-order valence-electron chi connectivity index (χ3n) is 5.82. The number of piperidine rings is 1. The van der Waals surface area contributed by atoms with Gasteiger partial charge in [0.1, 0.15) is 11.9 Å². The quantitative estimate of drug-likeness (QED) is 0.726. The lowest BCUT2D eigenvalue weighted by atomic mass is 10.1. The summed E-state index contributed by atoms with van der Waals surface area (Å²) >= 11 is 5.76. The van der Waals surface area contributed by atoms with Crippen molar-refractivity contribution in [1.29, 1.82) is 0 Å². The Balaban J connectivity index is 1.61. The molecule has 170 valence electrons. The number of rotatable bonds is 4. The smallest absolute Gasteiger partial charge is 0.247 e. The van der Waals surface area contributed by atoms with Gasteiger partial charge in [0.2, 0.25) is 21.8 Å². The van der Waals surface area contributed by atoms with Gasteiger partial charge in [-0.2, -0.15) is 4.31 Å². The van der Waals surface area contributed by atoms with Gasteiger partial charge in [-0.15, -0.1) is 0 Å². The summed E-state index contributed by atoms with van der Waals surface area (Å²) in [4.78, 5) is 26.7. The summed E-state index contributed by atoms with van der Waals surface area (Å²) in [6.45, 7) is 2.30. The van der Waals surface area contributed by atoms with Gasteiger partial charge in [-0.25, -0.2) is 12.8 Å². The molecule has 1 N–H and O–H groups in total. The minimum Gasteiger partial charge on any atom is -0.322 e. The van der Waals surface area contributed by atoms with E-state index >= 15 is 0 Å². The lowest BCUT2D eigenvalue weighted by Gasteiger charge is -2.26. The van der Waals surface area contributed by atoms with Crippen molar-refractivity contribution in [2.45, 2.75) is 43.5 Å². The molecule has 2 aliphatic heterocycles. The number of amides is 2. The predicted octanol–water partition coefficient (Wildman–Crippen LogP) is 3.57. The number of nitrogens with one attached hydrogen (secondary N) is 1. The van der Waals surface area contributed by atoms with E-state index in [4.69, 9.17) is 11.6 Å². The van der Waals surface area contributed by atoms with Crippen LogP contribution < -0.4 is 10.2 Å². The SMILES string of the molecule is CC(=O)N1c2ccc(S(=O)(=O)N3CCCCC3)cc2C[C@H]1C(=O)Nc1ccc(Cl)cc1F. The predicted molar refractivity (Wildman–Crippen MR) is 120 cm³/mol. The highest BCUT2D eigenvalue weighted by molar-refractivity contribution is 7.89. The first-order valence-electron chi connectivity index (χ1n) is 10.4. The average Bonchev–Trinajstić information content (AvgIpc) is 3.15.